The molecule has 1 saturated carbocycles. The normalized spacial score (nSPS) is 25.5. The summed E-state index contributed by atoms with van der Waals surface area (Å²) in [6.45, 7) is -0.599. The van der Waals surface area contributed by atoms with Gasteiger partial charge in [-0.2, -0.15) is 24.0 Å². The molecule has 4 atom stereocenters. The Labute approximate surface area is 282 Å². The highest BCUT2D eigenvalue weighted by molar-refractivity contribution is 6.37. The molecule has 3 aliphatic heterocycles. The van der Waals surface area contributed by atoms with Crippen molar-refractivity contribution in [2.24, 2.45) is 11.8 Å². The minimum absolute atomic E-state index is 0.00235. The quantitative estimate of drug-likeness (QED) is 0.101. The molecule has 252 valence electrons. The van der Waals surface area contributed by atoms with Gasteiger partial charge in [0.25, 0.3) is 0 Å². The molecule has 8 rings (SSSR count). The number of nitrogen functional groups attached to an aromatic ring is 1. The summed E-state index contributed by atoms with van der Waals surface area (Å²) < 4.78 is 90.5. The minimum Gasteiger partial charge on any atom is -0.483 e. The molecule has 3 aromatic carbocycles. The van der Waals surface area contributed by atoms with Gasteiger partial charge in [-0.3, -0.25) is 9.80 Å². The third kappa shape index (κ3) is 4.97. The first-order valence-electron chi connectivity index (χ1n) is 15.9. The summed E-state index contributed by atoms with van der Waals surface area (Å²) in [7, 11) is 0. The lowest BCUT2D eigenvalue weighted by molar-refractivity contribution is -0.0418. The number of nitrogens with zero attached hydrogens (tertiary/aromatic N) is 5. The van der Waals surface area contributed by atoms with E-state index in [0.717, 1.165) is 12.5 Å². The average molecular weight is 695 g/mol. The molecule has 3 fully saturated rings. The van der Waals surface area contributed by atoms with Crippen LogP contribution < -0.4 is 20.1 Å². The maximum atomic E-state index is 17.2. The van der Waals surface area contributed by atoms with Crippen molar-refractivity contribution in [2.45, 2.75) is 43.4 Å². The van der Waals surface area contributed by atoms with Crippen LogP contribution in [-0.4, -0.2) is 65.5 Å². The van der Waals surface area contributed by atoms with Crippen molar-refractivity contribution in [3.63, 3.8) is 0 Å². The van der Waals surface area contributed by atoms with E-state index in [9.17, 15) is 9.65 Å². The molecule has 1 aliphatic carbocycles. The minimum atomic E-state index is -3.68. The standard InChI is InChI=1S/C35H28ClF5N6O2/c1-2-22-24(38)5-4-17-9-21(43)10-23(25(17)22)26-28(36)31-27-30(29(26)39)44-33(49-15-34-6-3-7-46(34)14-20(37)11-34)45-32(27)47(35(40,41)16-48-31)13-19-8-18(19)12-42/h1,4-5,9-10,18-20H,3,6-8,11,13-16,43H2/t18?,19?,20-,34+/m1/s1. The maximum absolute atomic E-state index is 17.2. The van der Waals surface area contributed by atoms with Crippen LogP contribution in [0.15, 0.2) is 24.3 Å². The summed E-state index contributed by atoms with van der Waals surface area (Å²) in [5, 5.41) is 9.28. The molecule has 4 aromatic rings. The Balaban J connectivity index is 1.37. The average Bonchev–Trinajstić information content (AvgIpc) is 3.64. The highest BCUT2D eigenvalue weighted by Gasteiger charge is 2.51. The van der Waals surface area contributed by atoms with Crippen LogP contribution in [0.1, 0.15) is 31.2 Å². The number of rotatable bonds is 6. The number of hydrogen-bond acceptors (Lipinski definition) is 8. The van der Waals surface area contributed by atoms with Crippen molar-refractivity contribution < 1.29 is 31.4 Å². The van der Waals surface area contributed by atoms with Gasteiger partial charge in [0.05, 0.1) is 33.5 Å². The number of alkyl halides is 3. The van der Waals surface area contributed by atoms with Gasteiger partial charge in [0, 0.05) is 36.1 Å². The fourth-order valence-electron chi connectivity index (χ4n) is 7.77. The number of hydrogen-bond donors (Lipinski definition) is 1. The van der Waals surface area contributed by atoms with Gasteiger partial charge < -0.3 is 15.2 Å². The van der Waals surface area contributed by atoms with Crippen LogP contribution in [0.25, 0.3) is 32.8 Å². The lowest BCUT2D eigenvalue weighted by Crippen LogP contribution is -2.47. The monoisotopic (exact) mass is 694 g/mol. The Morgan fingerprint density at radius 3 is 2.78 bits per heavy atom. The molecule has 2 unspecified atom stereocenters. The zero-order valence-corrected chi connectivity index (χ0v) is 26.6. The Kier molecular flexibility index (Phi) is 7.25. The smallest absolute Gasteiger partial charge is 0.360 e. The fraction of sp³-hybridized carbons (Fsp3) is 0.400. The summed E-state index contributed by atoms with van der Waals surface area (Å²) in [5.74, 6) is -1.04. The molecule has 2 N–H and O–H groups in total. The number of halogens is 6. The maximum Gasteiger partial charge on any atom is 0.360 e. The molecule has 8 nitrogen and oxygen atoms in total. The van der Waals surface area contributed by atoms with Crippen LogP contribution in [0.2, 0.25) is 5.02 Å². The summed E-state index contributed by atoms with van der Waals surface area (Å²) in [5.41, 5.74) is 4.74. The molecule has 0 amide bonds. The Morgan fingerprint density at radius 1 is 1.20 bits per heavy atom. The summed E-state index contributed by atoms with van der Waals surface area (Å²) >= 11 is 6.87. The van der Waals surface area contributed by atoms with Crippen LogP contribution in [0, 0.1) is 47.1 Å². The highest BCUT2D eigenvalue weighted by Crippen LogP contribution is 2.52. The van der Waals surface area contributed by atoms with Gasteiger partial charge in [0.15, 0.2) is 24.0 Å². The number of fused-ring (bicyclic) bond motifs is 2. The number of anilines is 2. The van der Waals surface area contributed by atoms with Gasteiger partial charge in [-0.1, -0.05) is 23.6 Å². The van der Waals surface area contributed by atoms with Gasteiger partial charge >= 0.3 is 12.1 Å². The van der Waals surface area contributed by atoms with E-state index in [2.05, 4.69) is 22.0 Å². The summed E-state index contributed by atoms with van der Waals surface area (Å²) in [6, 6.07) is 3.49. The Morgan fingerprint density at radius 2 is 2.02 bits per heavy atom. The van der Waals surface area contributed by atoms with Gasteiger partial charge in [0.1, 0.15) is 24.1 Å². The van der Waals surface area contributed by atoms with Crippen molar-refractivity contribution in [1.82, 2.24) is 14.9 Å². The molecule has 2 saturated heterocycles. The van der Waals surface area contributed by atoms with Crippen molar-refractivity contribution in [1.29, 1.82) is 5.26 Å². The van der Waals surface area contributed by atoms with Crippen molar-refractivity contribution in [2.75, 3.05) is 43.5 Å². The number of ether oxygens (including phenoxy) is 2. The molecule has 1 aromatic heterocycles. The predicted octanol–water partition coefficient (Wildman–Crippen LogP) is 6.85. The lowest BCUT2D eigenvalue weighted by atomic mass is 9.92. The van der Waals surface area contributed by atoms with Gasteiger partial charge in [-0.05, 0) is 60.9 Å². The van der Waals surface area contributed by atoms with E-state index in [-0.39, 0.29) is 65.0 Å². The van der Waals surface area contributed by atoms with E-state index in [1.165, 1.54) is 18.2 Å². The van der Waals surface area contributed by atoms with E-state index in [0.29, 0.717) is 29.7 Å². The van der Waals surface area contributed by atoms with E-state index in [4.69, 9.17) is 33.2 Å². The molecule has 14 heteroatoms. The highest BCUT2D eigenvalue weighted by atomic mass is 35.5. The first-order chi connectivity index (χ1) is 23.4. The third-order valence-corrected chi connectivity index (χ3v) is 10.6. The van der Waals surface area contributed by atoms with Gasteiger partial charge in [0.2, 0.25) is 0 Å². The van der Waals surface area contributed by atoms with Crippen LogP contribution >= 0.6 is 11.6 Å². The molecular weight excluding hydrogens is 667 g/mol. The van der Waals surface area contributed by atoms with E-state index in [1.54, 1.807) is 0 Å². The van der Waals surface area contributed by atoms with Gasteiger partial charge in [-0.25, -0.2) is 13.2 Å². The van der Waals surface area contributed by atoms with E-state index >= 15 is 17.6 Å². The Bertz CT molecular complexity index is 2150. The molecule has 4 heterocycles. The third-order valence-electron chi connectivity index (χ3n) is 10.2. The number of benzene rings is 3. The van der Waals surface area contributed by atoms with Crippen molar-refractivity contribution in [3.05, 3.63) is 46.5 Å². The second kappa shape index (κ2) is 11.2. The van der Waals surface area contributed by atoms with Crippen molar-refractivity contribution >= 4 is 44.8 Å². The zero-order valence-electron chi connectivity index (χ0n) is 25.9. The van der Waals surface area contributed by atoms with Crippen LogP contribution in [0.3, 0.4) is 0 Å². The molecule has 4 aliphatic rings. The second-order valence-electron chi connectivity index (χ2n) is 13.3. The molecule has 49 heavy (non-hydrogen) atoms. The van der Waals surface area contributed by atoms with Crippen LogP contribution in [-0.2, 0) is 0 Å². The van der Waals surface area contributed by atoms with E-state index < -0.39 is 70.2 Å². The topological polar surface area (TPSA) is 101 Å². The molecule has 0 radical (unpaired) electrons. The zero-order chi connectivity index (χ0) is 34.4. The second-order valence-corrected chi connectivity index (χ2v) is 13.7. The van der Waals surface area contributed by atoms with Crippen molar-refractivity contribution in [3.8, 4) is 41.3 Å². The SMILES string of the molecule is C#Cc1c(F)ccc2cc(N)cc(-c3c(Cl)c4c5c(nc(OC[C@@]67CCCN6C[C@H](F)C7)nc5c3F)N(CC3CC3C#N)C(F)(F)CO4)c12. The number of aromatic nitrogens is 2. The molecule has 0 bridgehead atoms. The number of nitrogens with two attached hydrogens (primary N) is 1. The summed E-state index contributed by atoms with van der Waals surface area (Å²) in [4.78, 5) is 11.5. The largest absolute Gasteiger partial charge is 0.483 e. The lowest BCUT2D eigenvalue weighted by Gasteiger charge is -2.32. The number of nitriles is 1. The first-order valence-corrected chi connectivity index (χ1v) is 16.2. The fourth-order valence-corrected chi connectivity index (χ4v) is 8.10. The summed E-state index contributed by atoms with van der Waals surface area (Å²) in [6.07, 6.45) is 6.73. The first kappa shape index (κ1) is 31.7. The molecular formula is C35H28ClF5N6O2. The van der Waals surface area contributed by atoms with Crippen LogP contribution in [0.4, 0.5) is 33.5 Å². The number of terminal acetylenes is 1. The predicted molar refractivity (Wildman–Crippen MR) is 173 cm³/mol. The molecule has 0 spiro atoms. The van der Waals surface area contributed by atoms with Gasteiger partial charge in [-0.15, -0.1) is 6.42 Å². The van der Waals surface area contributed by atoms with E-state index in [1.807, 2.05) is 4.90 Å². The Hall–Kier alpha value is -4.59. The van der Waals surface area contributed by atoms with Crippen LogP contribution in [0.5, 0.6) is 11.8 Å².